The number of aryl methyl sites for hydroxylation is 2. The van der Waals surface area contributed by atoms with Crippen molar-refractivity contribution in [2.24, 2.45) is 0 Å². The Labute approximate surface area is 162 Å². The van der Waals surface area contributed by atoms with Gasteiger partial charge in [-0.3, -0.25) is 4.79 Å². The minimum absolute atomic E-state index is 0.103. The van der Waals surface area contributed by atoms with Crippen LogP contribution in [-0.2, 0) is 11.3 Å². The van der Waals surface area contributed by atoms with E-state index in [2.05, 4.69) is 5.32 Å². The van der Waals surface area contributed by atoms with E-state index >= 15 is 0 Å². The zero-order valence-corrected chi connectivity index (χ0v) is 16.3. The molecule has 3 aromatic rings. The Balaban J connectivity index is 1.74. The Bertz CT molecular complexity index is 1040. The van der Waals surface area contributed by atoms with Crippen molar-refractivity contribution >= 4 is 34.2 Å². The van der Waals surface area contributed by atoms with Crippen LogP contribution in [0.15, 0.2) is 51.7 Å². The van der Waals surface area contributed by atoms with Gasteiger partial charge in [-0.05, 0) is 61.4 Å². The molecule has 0 radical (unpaired) electrons. The number of hydrogen-bond donors (Lipinski definition) is 2. The van der Waals surface area contributed by atoms with E-state index in [1.165, 1.54) is 6.07 Å². The fourth-order valence-electron chi connectivity index (χ4n) is 3.03. The van der Waals surface area contributed by atoms with Crippen LogP contribution in [0, 0.1) is 13.8 Å². The summed E-state index contributed by atoms with van der Waals surface area (Å²) in [5.74, 6) is -0.103. The maximum Gasteiger partial charge on any atom is 0.336 e. The van der Waals surface area contributed by atoms with Crippen LogP contribution in [0.3, 0.4) is 0 Å². The summed E-state index contributed by atoms with van der Waals surface area (Å²) in [6, 6.07) is 12.4. The number of anilines is 1. The Kier molecular flexibility index (Phi) is 5.63. The van der Waals surface area contributed by atoms with Crippen LogP contribution in [0.25, 0.3) is 11.0 Å². The van der Waals surface area contributed by atoms with Crippen molar-refractivity contribution in [3.63, 3.8) is 0 Å². The number of fused-ring (bicyclic) bond motifs is 1. The van der Waals surface area contributed by atoms with Gasteiger partial charge in [-0.15, -0.1) is 0 Å². The first-order chi connectivity index (χ1) is 12.8. The monoisotopic (exact) mass is 385 g/mol. The second-order valence-corrected chi connectivity index (χ2v) is 7.33. The van der Waals surface area contributed by atoms with Gasteiger partial charge < -0.3 is 14.6 Å². The maximum absolute atomic E-state index is 12.3. The molecule has 140 valence electrons. The minimum Gasteiger partial charge on any atom is -0.423 e. The second kappa shape index (κ2) is 7.94. The SMILES string of the molecule is Cc1cc2oc(=O)cc(C[NH+](C)CC(=O)Nc3ccc(Cl)cc3)c2cc1C. The van der Waals surface area contributed by atoms with Crippen LogP contribution in [0.1, 0.15) is 16.7 Å². The third-order valence-corrected chi connectivity index (χ3v) is 4.78. The largest absolute Gasteiger partial charge is 0.423 e. The number of hydrogen-bond acceptors (Lipinski definition) is 3. The Hall–Kier alpha value is -2.63. The molecule has 0 saturated carbocycles. The normalized spacial score (nSPS) is 12.1. The van der Waals surface area contributed by atoms with Crippen molar-refractivity contribution in [2.45, 2.75) is 20.4 Å². The lowest BCUT2D eigenvalue weighted by Gasteiger charge is -2.15. The number of benzene rings is 2. The van der Waals surface area contributed by atoms with E-state index < -0.39 is 0 Å². The third-order valence-electron chi connectivity index (χ3n) is 4.53. The summed E-state index contributed by atoms with van der Waals surface area (Å²) in [6.45, 7) is 4.83. The molecule has 3 rings (SSSR count). The number of quaternary nitrogens is 1. The number of carbonyl (C=O) groups excluding carboxylic acids is 1. The van der Waals surface area contributed by atoms with Crippen molar-refractivity contribution in [1.82, 2.24) is 0 Å². The van der Waals surface area contributed by atoms with E-state index in [0.29, 0.717) is 22.8 Å². The van der Waals surface area contributed by atoms with Crippen LogP contribution in [0.4, 0.5) is 5.69 Å². The minimum atomic E-state index is -0.376. The van der Waals surface area contributed by atoms with Crippen LogP contribution in [0.2, 0.25) is 5.02 Å². The van der Waals surface area contributed by atoms with E-state index in [4.69, 9.17) is 16.0 Å². The zero-order chi connectivity index (χ0) is 19.6. The first-order valence-corrected chi connectivity index (χ1v) is 9.10. The molecular formula is C21H22ClN2O3+. The van der Waals surface area contributed by atoms with E-state index in [0.717, 1.165) is 27.0 Å². The highest BCUT2D eigenvalue weighted by atomic mass is 35.5. The fraction of sp³-hybridized carbons (Fsp3) is 0.238. The summed E-state index contributed by atoms with van der Waals surface area (Å²) >= 11 is 5.85. The summed E-state index contributed by atoms with van der Waals surface area (Å²) < 4.78 is 5.33. The van der Waals surface area contributed by atoms with Crippen molar-refractivity contribution in [1.29, 1.82) is 0 Å². The highest BCUT2D eigenvalue weighted by Crippen LogP contribution is 2.21. The van der Waals surface area contributed by atoms with Gasteiger partial charge in [0.2, 0.25) is 0 Å². The maximum atomic E-state index is 12.3. The number of amides is 1. The molecule has 0 bridgehead atoms. The van der Waals surface area contributed by atoms with Crippen molar-refractivity contribution in [2.75, 3.05) is 18.9 Å². The Morgan fingerprint density at radius 1 is 1.11 bits per heavy atom. The number of halogens is 1. The summed E-state index contributed by atoms with van der Waals surface area (Å²) in [7, 11) is 1.92. The van der Waals surface area contributed by atoms with Gasteiger partial charge in [0.25, 0.3) is 5.91 Å². The molecule has 2 aromatic carbocycles. The molecule has 0 saturated heterocycles. The average Bonchev–Trinajstić information content (AvgIpc) is 2.58. The summed E-state index contributed by atoms with van der Waals surface area (Å²) in [4.78, 5) is 25.2. The Morgan fingerprint density at radius 2 is 1.78 bits per heavy atom. The lowest BCUT2D eigenvalue weighted by atomic mass is 10.0. The van der Waals surface area contributed by atoms with Gasteiger partial charge in [0.15, 0.2) is 6.54 Å². The van der Waals surface area contributed by atoms with Gasteiger partial charge in [-0.25, -0.2) is 4.79 Å². The smallest absolute Gasteiger partial charge is 0.336 e. The first-order valence-electron chi connectivity index (χ1n) is 8.72. The van der Waals surface area contributed by atoms with Crippen LogP contribution in [0.5, 0.6) is 0 Å². The molecule has 2 N–H and O–H groups in total. The lowest BCUT2D eigenvalue weighted by molar-refractivity contribution is -0.885. The standard InChI is InChI=1S/C21H21ClN2O3/c1-13-8-18-15(10-21(26)27-19(18)9-14(13)2)11-24(3)12-20(25)23-17-6-4-16(22)5-7-17/h4-10H,11-12H2,1-3H3,(H,23,25)/p+1. The van der Waals surface area contributed by atoms with E-state index in [-0.39, 0.29) is 18.1 Å². The van der Waals surface area contributed by atoms with Gasteiger partial charge in [0, 0.05) is 27.7 Å². The molecule has 0 spiro atoms. The molecule has 1 amide bonds. The van der Waals surface area contributed by atoms with Gasteiger partial charge >= 0.3 is 5.63 Å². The van der Waals surface area contributed by atoms with Crippen LogP contribution in [-0.4, -0.2) is 19.5 Å². The fourth-order valence-corrected chi connectivity index (χ4v) is 3.16. The highest BCUT2D eigenvalue weighted by molar-refractivity contribution is 6.30. The summed E-state index contributed by atoms with van der Waals surface area (Å²) in [6.07, 6.45) is 0. The summed E-state index contributed by atoms with van der Waals surface area (Å²) in [5, 5.41) is 4.39. The van der Waals surface area contributed by atoms with Gasteiger partial charge in [-0.1, -0.05) is 11.6 Å². The van der Waals surface area contributed by atoms with E-state index in [1.54, 1.807) is 24.3 Å². The molecule has 6 heteroatoms. The second-order valence-electron chi connectivity index (χ2n) is 6.89. The van der Waals surface area contributed by atoms with Crippen LogP contribution >= 0.6 is 11.6 Å². The van der Waals surface area contributed by atoms with Crippen molar-refractivity contribution in [3.8, 4) is 0 Å². The molecule has 1 aromatic heterocycles. The molecule has 1 unspecified atom stereocenters. The molecule has 5 nitrogen and oxygen atoms in total. The first kappa shape index (κ1) is 19.1. The molecule has 1 heterocycles. The summed E-state index contributed by atoms with van der Waals surface area (Å²) in [5.41, 5.74) is 4.00. The van der Waals surface area contributed by atoms with E-state index in [9.17, 15) is 9.59 Å². The Morgan fingerprint density at radius 3 is 2.48 bits per heavy atom. The lowest BCUT2D eigenvalue weighted by Crippen LogP contribution is -3.08. The molecule has 1 atom stereocenters. The van der Waals surface area contributed by atoms with Gasteiger partial charge in [0.05, 0.1) is 7.05 Å². The number of likely N-dealkylation sites (N-methyl/N-ethyl adjacent to an activating group) is 1. The average molecular weight is 386 g/mol. The number of nitrogens with one attached hydrogen (secondary N) is 2. The topological polar surface area (TPSA) is 63.8 Å². The zero-order valence-electron chi connectivity index (χ0n) is 15.6. The van der Waals surface area contributed by atoms with Crippen molar-refractivity contribution in [3.05, 3.63) is 74.6 Å². The quantitative estimate of drug-likeness (QED) is 0.664. The number of carbonyl (C=O) groups is 1. The van der Waals surface area contributed by atoms with Gasteiger partial charge in [0.1, 0.15) is 12.1 Å². The molecule has 0 aliphatic heterocycles. The predicted molar refractivity (Wildman–Crippen MR) is 107 cm³/mol. The molecule has 27 heavy (non-hydrogen) atoms. The molecular weight excluding hydrogens is 364 g/mol. The van der Waals surface area contributed by atoms with E-state index in [1.807, 2.05) is 33.0 Å². The number of rotatable bonds is 5. The third kappa shape index (κ3) is 4.76. The van der Waals surface area contributed by atoms with Crippen molar-refractivity contribution < 1.29 is 14.1 Å². The highest BCUT2D eigenvalue weighted by Gasteiger charge is 2.15. The molecule has 0 aliphatic rings. The van der Waals surface area contributed by atoms with Crippen LogP contribution < -0.4 is 15.8 Å². The van der Waals surface area contributed by atoms with Gasteiger partial charge in [-0.2, -0.15) is 0 Å². The predicted octanol–water partition coefficient (Wildman–Crippen LogP) is 2.72. The molecule has 0 aliphatic carbocycles. The molecule has 0 fully saturated rings.